The maximum Gasteiger partial charge on any atom is 0.252 e. The first-order chi connectivity index (χ1) is 15.1. The molecule has 1 fully saturated rings. The van der Waals surface area contributed by atoms with E-state index in [1.807, 2.05) is 36.4 Å². The number of fused-ring (bicyclic) bond motifs is 1. The van der Waals surface area contributed by atoms with Crippen LogP contribution in [0.25, 0.3) is 22.2 Å². The Kier molecular flexibility index (Phi) is 6.02. The van der Waals surface area contributed by atoms with Gasteiger partial charge in [0.25, 0.3) is 5.91 Å². The Morgan fingerprint density at radius 3 is 2.48 bits per heavy atom. The number of nitrogens with one attached hydrogen (secondary N) is 1. The van der Waals surface area contributed by atoms with Crippen LogP contribution in [0.3, 0.4) is 0 Å². The Morgan fingerprint density at radius 2 is 1.74 bits per heavy atom. The number of hydrogen-bond donors (Lipinski definition) is 1. The monoisotopic (exact) mass is 419 g/mol. The molecule has 4 rings (SSSR count). The number of aromatic nitrogens is 1. The number of amides is 2. The predicted octanol–water partition coefficient (Wildman–Crippen LogP) is 3.27. The molecule has 0 atom stereocenters. The Bertz CT molecular complexity index is 1120. The van der Waals surface area contributed by atoms with E-state index in [1.165, 1.54) is 0 Å². The molecular weight excluding hydrogens is 394 g/mol. The lowest BCUT2D eigenvalue weighted by Crippen LogP contribution is -2.38. The highest BCUT2D eigenvalue weighted by Gasteiger charge is 2.20. The zero-order valence-corrected chi connectivity index (χ0v) is 17.7. The van der Waals surface area contributed by atoms with Crippen molar-refractivity contribution in [3.8, 4) is 22.8 Å². The first-order valence-corrected chi connectivity index (χ1v) is 10.3. The number of ether oxygens (including phenoxy) is 2. The first kappa shape index (κ1) is 20.7. The Morgan fingerprint density at radius 1 is 1.00 bits per heavy atom. The van der Waals surface area contributed by atoms with E-state index in [1.54, 1.807) is 31.3 Å². The summed E-state index contributed by atoms with van der Waals surface area (Å²) < 4.78 is 10.7. The van der Waals surface area contributed by atoms with Gasteiger partial charge in [-0.05, 0) is 43.2 Å². The minimum Gasteiger partial charge on any atom is -0.493 e. The molecule has 0 unspecified atom stereocenters. The SMILES string of the molecule is COc1ccc(-c2cc(C(=O)NCC(=O)N3CCCC3)c3ccccc3n2)cc1OC. The third kappa shape index (κ3) is 4.30. The molecule has 1 aromatic heterocycles. The van der Waals surface area contributed by atoms with Crippen molar-refractivity contribution in [2.45, 2.75) is 12.8 Å². The number of rotatable bonds is 6. The summed E-state index contributed by atoms with van der Waals surface area (Å²) in [5.41, 5.74) is 2.61. The fourth-order valence-electron chi connectivity index (χ4n) is 3.84. The number of benzene rings is 2. The second kappa shape index (κ2) is 9.04. The number of carbonyl (C=O) groups is 2. The van der Waals surface area contributed by atoms with Gasteiger partial charge in [-0.1, -0.05) is 18.2 Å². The van der Waals surface area contributed by atoms with Gasteiger partial charge < -0.3 is 19.7 Å². The summed E-state index contributed by atoms with van der Waals surface area (Å²) in [6.07, 6.45) is 2.03. The van der Waals surface area contributed by atoms with Crippen LogP contribution in [-0.4, -0.2) is 55.6 Å². The average molecular weight is 419 g/mol. The molecule has 3 aromatic rings. The quantitative estimate of drug-likeness (QED) is 0.663. The number of nitrogens with zero attached hydrogens (tertiary/aromatic N) is 2. The topological polar surface area (TPSA) is 80.8 Å². The molecule has 0 radical (unpaired) electrons. The third-order valence-electron chi connectivity index (χ3n) is 5.50. The van der Waals surface area contributed by atoms with Crippen molar-refractivity contribution in [3.63, 3.8) is 0 Å². The Balaban J connectivity index is 1.66. The lowest BCUT2D eigenvalue weighted by atomic mass is 10.0. The van der Waals surface area contributed by atoms with E-state index >= 15 is 0 Å². The van der Waals surface area contributed by atoms with Crippen LogP contribution >= 0.6 is 0 Å². The number of para-hydroxylation sites is 1. The van der Waals surface area contributed by atoms with Crippen molar-refractivity contribution >= 4 is 22.7 Å². The van der Waals surface area contributed by atoms with Crippen LogP contribution in [0.5, 0.6) is 11.5 Å². The summed E-state index contributed by atoms with van der Waals surface area (Å²) in [7, 11) is 3.16. The summed E-state index contributed by atoms with van der Waals surface area (Å²) in [6.45, 7) is 1.51. The van der Waals surface area contributed by atoms with Crippen molar-refractivity contribution in [2.75, 3.05) is 33.9 Å². The van der Waals surface area contributed by atoms with Crippen molar-refractivity contribution in [3.05, 3.63) is 54.1 Å². The molecule has 7 heteroatoms. The van der Waals surface area contributed by atoms with E-state index in [0.717, 1.165) is 36.9 Å². The van der Waals surface area contributed by atoms with Gasteiger partial charge in [-0.15, -0.1) is 0 Å². The largest absolute Gasteiger partial charge is 0.493 e. The van der Waals surface area contributed by atoms with E-state index in [4.69, 9.17) is 14.5 Å². The number of methoxy groups -OCH3 is 2. The molecular formula is C24H25N3O4. The van der Waals surface area contributed by atoms with E-state index in [2.05, 4.69) is 5.32 Å². The van der Waals surface area contributed by atoms with E-state index in [9.17, 15) is 9.59 Å². The summed E-state index contributed by atoms with van der Waals surface area (Å²) in [4.78, 5) is 31.9. The van der Waals surface area contributed by atoms with Gasteiger partial charge in [0.2, 0.25) is 5.91 Å². The van der Waals surface area contributed by atoms with Crippen LogP contribution in [0.4, 0.5) is 0 Å². The molecule has 0 aliphatic carbocycles. The molecule has 7 nitrogen and oxygen atoms in total. The molecule has 2 aromatic carbocycles. The van der Waals surface area contributed by atoms with Crippen molar-refractivity contribution in [1.29, 1.82) is 0 Å². The highest BCUT2D eigenvalue weighted by Crippen LogP contribution is 2.33. The maximum absolute atomic E-state index is 13.0. The second-order valence-corrected chi connectivity index (χ2v) is 7.41. The summed E-state index contributed by atoms with van der Waals surface area (Å²) in [5.74, 6) is 0.847. The van der Waals surface area contributed by atoms with Crippen LogP contribution in [0.1, 0.15) is 23.2 Å². The zero-order chi connectivity index (χ0) is 21.8. The predicted molar refractivity (Wildman–Crippen MR) is 118 cm³/mol. The van der Waals surface area contributed by atoms with E-state index < -0.39 is 0 Å². The maximum atomic E-state index is 13.0. The molecule has 1 aliphatic rings. The van der Waals surface area contributed by atoms with Gasteiger partial charge in [-0.3, -0.25) is 9.59 Å². The minimum atomic E-state index is -0.298. The summed E-state index contributed by atoms with van der Waals surface area (Å²) in [6, 6.07) is 14.7. The van der Waals surface area contributed by atoms with Crippen molar-refractivity contribution in [1.82, 2.24) is 15.2 Å². The van der Waals surface area contributed by atoms with Crippen LogP contribution in [0.15, 0.2) is 48.5 Å². The number of hydrogen-bond acceptors (Lipinski definition) is 5. The average Bonchev–Trinajstić information content (AvgIpc) is 3.36. The van der Waals surface area contributed by atoms with Crippen LogP contribution < -0.4 is 14.8 Å². The van der Waals surface area contributed by atoms with Gasteiger partial charge in [0.15, 0.2) is 11.5 Å². The molecule has 31 heavy (non-hydrogen) atoms. The van der Waals surface area contributed by atoms with E-state index in [0.29, 0.717) is 28.3 Å². The number of likely N-dealkylation sites (tertiary alicyclic amines) is 1. The second-order valence-electron chi connectivity index (χ2n) is 7.41. The van der Waals surface area contributed by atoms with Crippen molar-refractivity contribution in [2.24, 2.45) is 0 Å². The number of pyridine rings is 1. The van der Waals surface area contributed by atoms with Gasteiger partial charge in [0.1, 0.15) is 0 Å². The molecule has 1 saturated heterocycles. The molecule has 1 aliphatic heterocycles. The zero-order valence-electron chi connectivity index (χ0n) is 17.7. The molecule has 2 heterocycles. The van der Waals surface area contributed by atoms with Crippen LogP contribution in [0, 0.1) is 0 Å². The van der Waals surface area contributed by atoms with Gasteiger partial charge in [-0.25, -0.2) is 4.98 Å². The lowest BCUT2D eigenvalue weighted by molar-refractivity contribution is -0.129. The normalized spacial score (nSPS) is 13.3. The lowest BCUT2D eigenvalue weighted by Gasteiger charge is -2.16. The van der Waals surface area contributed by atoms with Crippen LogP contribution in [-0.2, 0) is 4.79 Å². The van der Waals surface area contributed by atoms with Crippen LogP contribution in [0.2, 0.25) is 0 Å². The highest BCUT2D eigenvalue weighted by atomic mass is 16.5. The van der Waals surface area contributed by atoms with E-state index in [-0.39, 0.29) is 18.4 Å². The van der Waals surface area contributed by atoms with Gasteiger partial charge in [-0.2, -0.15) is 0 Å². The molecule has 2 amide bonds. The molecule has 0 saturated carbocycles. The molecule has 160 valence electrons. The first-order valence-electron chi connectivity index (χ1n) is 10.3. The Hall–Kier alpha value is -3.61. The van der Waals surface area contributed by atoms with Gasteiger partial charge in [0, 0.05) is 24.0 Å². The minimum absolute atomic E-state index is 0.0127. The Labute approximate surface area is 181 Å². The summed E-state index contributed by atoms with van der Waals surface area (Å²) >= 11 is 0. The fourth-order valence-corrected chi connectivity index (χ4v) is 3.84. The highest BCUT2D eigenvalue weighted by molar-refractivity contribution is 6.08. The molecule has 0 spiro atoms. The van der Waals surface area contributed by atoms with Crippen molar-refractivity contribution < 1.29 is 19.1 Å². The standard InChI is InChI=1S/C24H25N3O4/c1-30-21-10-9-16(13-22(21)31-2)20-14-18(17-7-3-4-8-19(17)26-20)24(29)25-15-23(28)27-11-5-6-12-27/h3-4,7-10,13-14H,5-6,11-12,15H2,1-2H3,(H,25,29). The number of carbonyl (C=O) groups excluding carboxylic acids is 2. The molecule has 0 bridgehead atoms. The van der Waals surface area contributed by atoms with Gasteiger partial charge >= 0.3 is 0 Å². The fraction of sp³-hybridized carbons (Fsp3) is 0.292. The smallest absolute Gasteiger partial charge is 0.252 e. The third-order valence-corrected chi connectivity index (χ3v) is 5.50. The van der Waals surface area contributed by atoms with Gasteiger partial charge in [0.05, 0.1) is 37.5 Å². The summed E-state index contributed by atoms with van der Waals surface area (Å²) in [5, 5.41) is 3.52. The molecule has 1 N–H and O–H groups in total.